The number of aliphatic carboxylic acids is 1. The lowest BCUT2D eigenvalue weighted by Crippen LogP contribution is -2.53. The third-order valence-electron chi connectivity index (χ3n) is 4.97. The van der Waals surface area contributed by atoms with Gasteiger partial charge in [-0.15, -0.1) is 0 Å². The van der Waals surface area contributed by atoms with Crippen molar-refractivity contribution in [1.29, 1.82) is 0 Å². The number of carboxylic acid groups (broad SMARTS) is 1. The Hall–Kier alpha value is -0.0500. The third kappa shape index (κ3) is 1.81. The van der Waals surface area contributed by atoms with Gasteiger partial charge in [0.05, 0.1) is 0 Å². The van der Waals surface area contributed by atoms with Crippen LogP contribution in [0.2, 0.25) is 0 Å². The predicted molar refractivity (Wildman–Crippen MR) is 63.0 cm³/mol. The summed E-state index contributed by atoms with van der Waals surface area (Å²) in [4.78, 5) is 10.6. The monoisotopic (exact) mass is 285 g/mol. The van der Waals surface area contributed by atoms with Crippen LogP contribution in [0.25, 0.3) is 0 Å². The summed E-state index contributed by atoms with van der Waals surface area (Å²) in [6.07, 6.45) is 8.85. The summed E-state index contributed by atoms with van der Waals surface area (Å²) in [6, 6.07) is 0. The molecule has 0 heterocycles. The van der Waals surface area contributed by atoms with Crippen LogP contribution in [0, 0.1) is 17.3 Å². The minimum atomic E-state index is -0.876. The Morgan fingerprint density at radius 3 is 2.38 bits per heavy atom. The van der Waals surface area contributed by atoms with Crippen molar-refractivity contribution in [3.63, 3.8) is 0 Å². The number of carbonyl (C=O) groups is 1. The molecule has 0 aromatic heterocycles. The number of hydrogen-bond acceptors (Lipinski definition) is 2. The second kappa shape index (κ2) is 3.47. The number of carboxylic acids is 1. The highest BCUT2D eigenvalue weighted by Crippen LogP contribution is 2.65. The summed E-state index contributed by atoms with van der Waals surface area (Å²) >= 11 is 3.94. The van der Waals surface area contributed by atoms with Crippen LogP contribution in [0.1, 0.15) is 51.4 Å². The summed E-state index contributed by atoms with van der Waals surface area (Å²) < 4.78 is 0.350. The zero-order chi connectivity index (χ0) is 11.4. The van der Waals surface area contributed by atoms with E-state index in [1.54, 1.807) is 0 Å². The number of carbonyl (C=O) groups excluding carboxylic acids is 1. The van der Waals surface area contributed by atoms with Gasteiger partial charge in [0.2, 0.25) is 0 Å². The van der Waals surface area contributed by atoms with Crippen molar-refractivity contribution in [2.45, 2.75) is 55.7 Å². The average Bonchev–Trinajstić information content (AvgIpc) is 2.10. The first-order valence-corrected chi connectivity index (χ1v) is 7.17. The highest BCUT2D eigenvalue weighted by atomic mass is 79.9. The quantitative estimate of drug-likeness (QED) is 0.747. The molecule has 0 spiro atoms. The highest BCUT2D eigenvalue weighted by molar-refractivity contribution is 9.10. The van der Waals surface area contributed by atoms with Gasteiger partial charge in [-0.1, -0.05) is 15.9 Å². The van der Waals surface area contributed by atoms with Crippen molar-refractivity contribution < 1.29 is 9.90 Å². The maximum atomic E-state index is 10.6. The fourth-order valence-corrected chi connectivity index (χ4v) is 6.51. The first kappa shape index (κ1) is 11.1. The summed E-state index contributed by atoms with van der Waals surface area (Å²) in [5.41, 5.74) is 0.327. The average molecular weight is 286 g/mol. The largest absolute Gasteiger partial charge is 0.550 e. The van der Waals surface area contributed by atoms with E-state index in [0.29, 0.717) is 9.74 Å². The molecular formula is C13H18BrO2-. The van der Waals surface area contributed by atoms with Crippen molar-refractivity contribution in [2.75, 3.05) is 0 Å². The summed E-state index contributed by atoms with van der Waals surface area (Å²) in [7, 11) is 0. The van der Waals surface area contributed by atoms with Crippen molar-refractivity contribution in [1.82, 2.24) is 0 Å². The zero-order valence-corrected chi connectivity index (χ0v) is 11.1. The van der Waals surface area contributed by atoms with Crippen LogP contribution < -0.4 is 5.11 Å². The molecule has 0 radical (unpaired) electrons. The molecule has 0 aliphatic heterocycles. The molecule has 2 unspecified atom stereocenters. The molecule has 0 saturated heterocycles. The summed E-state index contributed by atoms with van der Waals surface area (Å²) in [5, 5.41) is 10.6. The van der Waals surface area contributed by atoms with Crippen LogP contribution in [-0.4, -0.2) is 10.3 Å². The Kier molecular flexibility index (Phi) is 2.40. The van der Waals surface area contributed by atoms with Crippen molar-refractivity contribution in [3.05, 3.63) is 0 Å². The van der Waals surface area contributed by atoms with Gasteiger partial charge in [-0.3, -0.25) is 0 Å². The van der Waals surface area contributed by atoms with Crippen LogP contribution in [-0.2, 0) is 4.79 Å². The number of rotatable bonds is 3. The summed E-state index contributed by atoms with van der Waals surface area (Å²) in [5.74, 6) is 0.823. The molecule has 0 aromatic rings. The van der Waals surface area contributed by atoms with Gasteiger partial charge in [-0.2, -0.15) is 0 Å². The van der Waals surface area contributed by atoms with E-state index in [9.17, 15) is 9.90 Å². The van der Waals surface area contributed by atoms with Crippen molar-refractivity contribution in [3.8, 4) is 0 Å². The van der Waals surface area contributed by atoms with Gasteiger partial charge in [-0.05, 0) is 68.6 Å². The van der Waals surface area contributed by atoms with E-state index < -0.39 is 5.97 Å². The molecule has 2 atom stereocenters. The Labute approximate surface area is 105 Å². The minimum Gasteiger partial charge on any atom is -0.550 e. The third-order valence-corrected chi connectivity index (χ3v) is 5.90. The molecule has 90 valence electrons. The molecule has 0 amide bonds. The van der Waals surface area contributed by atoms with Gasteiger partial charge < -0.3 is 9.90 Å². The lowest BCUT2D eigenvalue weighted by molar-refractivity contribution is -0.306. The highest BCUT2D eigenvalue weighted by Gasteiger charge is 2.56. The molecule has 2 nitrogen and oxygen atoms in total. The Morgan fingerprint density at radius 2 is 1.88 bits per heavy atom. The molecular weight excluding hydrogens is 268 g/mol. The first-order chi connectivity index (χ1) is 7.49. The van der Waals surface area contributed by atoms with Gasteiger partial charge in [0.25, 0.3) is 0 Å². The molecule has 0 N–H and O–H groups in total. The first-order valence-electron chi connectivity index (χ1n) is 6.38. The van der Waals surface area contributed by atoms with Crippen LogP contribution in [0.5, 0.6) is 0 Å². The lowest BCUT2D eigenvalue weighted by Gasteiger charge is -2.60. The zero-order valence-electron chi connectivity index (χ0n) is 9.51. The topological polar surface area (TPSA) is 40.1 Å². The Balaban J connectivity index is 1.78. The normalized spacial score (nSPS) is 49.6. The number of halogens is 1. The molecule has 4 saturated carbocycles. The minimum absolute atomic E-state index is 0.252. The van der Waals surface area contributed by atoms with E-state index in [2.05, 4.69) is 15.9 Å². The molecule has 16 heavy (non-hydrogen) atoms. The maximum absolute atomic E-state index is 10.6. The van der Waals surface area contributed by atoms with Crippen molar-refractivity contribution in [2.24, 2.45) is 17.3 Å². The second-order valence-corrected chi connectivity index (χ2v) is 8.17. The van der Waals surface area contributed by atoms with Crippen LogP contribution >= 0.6 is 15.9 Å². The molecule has 4 aliphatic rings. The fourth-order valence-electron chi connectivity index (χ4n) is 5.00. The Bertz CT molecular complexity index is 312. The molecule has 4 bridgehead atoms. The van der Waals surface area contributed by atoms with E-state index in [0.717, 1.165) is 18.3 Å². The van der Waals surface area contributed by atoms with Crippen molar-refractivity contribution >= 4 is 21.9 Å². The van der Waals surface area contributed by atoms with Gasteiger partial charge >= 0.3 is 0 Å². The van der Waals surface area contributed by atoms with E-state index in [1.165, 1.54) is 38.5 Å². The van der Waals surface area contributed by atoms with Gasteiger partial charge in [0.1, 0.15) is 0 Å². The standard InChI is InChI=1S/C13H19BrO2/c14-13-6-9-3-10(7-13)5-12(4-9,8-13)2-1-11(15)16/h9-10H,1-8H2,(H,15,16)/p-1. The predicted octanol–water partition coefficient (Wildman–Crippen LogP) is 2.25. The molecule has 4 aliphatic carbocycles. The van der Waals surface area contributed by atoms with E-state index in [-0.39, 0.29) is 6.42 Å². The maximum Gasteiger partial charge on any atom is 0.0414 e. The fraction of sp³-hybridized carbons (Fsp3) is 0.923. The van der Waals surface area contributed by atoms with E-state index in [1.807, 2.05) is 0 Å². The molecule has 4 rings (SSSR count). The SMILES string of the molecule is O=C([O-])CCC12CC3CC(CC(Br)(C3)C1)C2. The van der Waals surface area contributed by atoms with E-state index in [4.69, 9.17) is 0 Å². The Morgan fingerprint density at radius 1 is 1.25 bits per heavy atom. The molecule has 0 aromatic carbocycles. The van der Waals surface area contributed by atoms with Crippen LogP contribution in [0.3, 0.4) is 0 Å². The van der Waals surface area contributed by atoms with Gasteiger partial charge in [0, 0.05) is 10.3 Å². The van der Waals surface area contributed by atoms with Gasteiger partial charge in [0.15, 0.2) is 0 Å². The van der Waals surface area contributed by atoms with Gasteiger partial charge in [-0.25, -0.2) is 0 Å². The lowest BCUT2D eigenvalue weighted by atomic mass is 9.48. The summed E-state index contributed by atoms with van der Waals surface area (Å²) in [6.45, 7) is 0. The van der Waals surface area contributed by atoms with Crippen LogP contribution in [0.15, 0.2) is 0 Å². The second-order valence-electron chi connectivity index (χ2n) is 6.48. The number of alkyl halides is 1. The van der Waals surface area contributed by atoms with Crippen LogP contribution in [0.4, 0.5) is 0 Å². The molecule has 3 heteroatoms. The number of hydrogen-bond donors (Lipinski definition) is 0. The van der Waals surface area contributed by atoms with E-state index >= 15 is 0 Å². The molecule has 4 fully saturated rings. The smallest absolute Gasteiger partial charge is 0.0414 e.